The fourth-order valence-electron chi connectivity index (χ4n) is 2.93. The van der Waals surface area contributed by atoms with Crippen molar-refractivity contribution in [3.05, 3.63) is 42.1 Å². The quantitative estimate of drug-likeness (QED) is 0.851. The number of amides is 1. The zero-order valence-electron chi connectivity index (χ0n) is 15.5. The Morgan fingerprint density at radius 3 is 2.85 bits per heavy atom. The minimum atomic E-state index is -0.366. The molecule has 0 saturated carbocycles. The second-order valence-corrected chi connectivity index (χ2v) is 6.64. The topological polar surface area (TPSA) is 76.6 Å². The van der Waals surface area contributed by atoms with Crippen LogP contribution in [0.3, 0.4) is 0 Å². The average Bonchev–Trinajstić information content (AvgIpc) is 3.04. The Bertz CT molecular complexity index is 781. The fourth-order valence-corrected chi connectivity index (χ4v) is 2.93. The highest BCUT2D eigenvalue weighted by molar-refractivity contribution is 5.89. The second kappa shape index (κ2) is 7.59. The van der Waals surface area contributed by atoms with Crippen LogP contribution in [-0.4, -0.2) is 35.8 Å². The van der Waals surface area contributed by atoms with E-state index in [1.165, 1.54) is 0 Å². The van der Waals surface area contributed by atoms with Gasteiger partial charge < -0.3 is 14.8 Å². The standard InChI is InChI=1S/C19H24N4O3/c1-12(2)16-11-26-19(24)23(16)17-8-9-20-18(22-17)21-13(3)14-6-5-7-15(10-14)25-4/h5-10,12-13,16H,11H2,1-4H3,(H,20,21,22)/t13-,16-/m1/s1. The van der Waals surface area contributed by atoms with Gasteiger partial charge in [0.2, 0.25) is 5.95 Å². The van der Waals surface area contributed by atoms with E-state index in [0.29, 0.717) is 18.4 Å². The molecule has 1 fully saturated rings. The van der Waals surface area contributed by atoms with Gasteiger partial charge in [0.05, 0.1) is 19.2 Å². The molecule has 1 aromatic carbocycles. The third kappa shape index (κ3) is 3.71. The van der Waals surface area contributed by atoms with Crippen molar-refractivity contribution in [2.75, 3.05) is 23.9 Å². The molecule has 1 amide bonds. The van der Waals surface area contributed by atoms with Crippen molar-refractivity contribution in [1.82, 2.24) is 9.97 Å². The minimum absolute atomic E-state index is 0.0215. The highest BCUT2D eigenvalue weighted by Gasteiger charge is 2.37. The van der Waals surface area contributed by atoms with E-state index in [-0.39, 0.29) is 24.1 Å². The molecule has 0 unspecified atom stereocenters. The van der Waals surface area contributed by atoms with Crippen molar-refractivity contribution >= 4 is 17.9 Å². The molecule has 1 N–H and O–H groups in total. The smallest absolute Gasteiger partial charge is 0.415 e. The Kier molecular flexibility index (Phi) is 5.25. The van der Waals surface area contributed by atoms with Crippen molar-refractivity contribution < 1.29 is 14.3 Å². The molecule has 138 valence electrons. The minimum Gasteiger partial charge on any atom is -0.497 e. The molecule has 1 aliphatic rings. The molecule has 7 heteroatoms. The number of hydrogen-bond acceptors (Lipinski definition) is 6. The van der Waals surface area contributed by atoms with Crippen LogP contribution in [0.15, 0.2) is 36.5 Å². The lowest BCUT2D eigenvalue weighted by Crippen LogP contribution is -2.37. The van der Waals surface area contributed by atoms with Crippen molar-refractivity contribution in [1.29, 1.82) is 0 Å². The zero-order valence-corrected chi connectivity index (χ0v) is 15.5. The number of hydrogen-bond donors (Lipinski definition) is 1. The summed E-state index contributed by atoms with van der Waals surface area (Å²) in [5, 5.41) is 3.28. The van der Waals surface area contributed by atoms with Gasteiger partial charge in [0.25, 0.3) is 0 Å². The lowest BCUT2D eigenvalue weighted by molar-refractivity contribution is 0.177. The third-order valence-corrected chi connectivity index (χ3v) is 4.50. The summed E-state index contributed by atoms with van der Waals surface area (Å²) >= 11 is 0. The van der Waals surface area contributed by atoms with E-state index in [9.17, 15) is 4.79 Å². The Balaban J connectivity index is 1.80. The summed E-state index contributed by atoms with van der Waals surface area (Å²) in [4.78, 5) is 22.5. The van der Waals surface area contributed by atoms with Crippen LogP contribution < -0.4 is 15.0 Å². The van der Waals surface area contributed by atoms with Gasteiger partial charge in [-0.1, -0.05) is 26.0 Å². The van der Waals surface area contributed by atoms with Crippen LogP contribution >= 0.6 is 0 Å². The van der Waals surface area contributed by atoms with Crippen LogP contribution in [0.5, 0.6) is 5.75 Å². The molecule has 3 rings (SSSR count). The van der Waals surface area contributed by atoms with Crippen molar-refractivity contribution in [2.45, 2.75) is 32.9 Å². The molecule has 0 aliphatic carbocycles. The molecular weight excluding hydrogens is 332 g/mol. The summed E-state index contributed by atoms with van der Waals surface area (Å²) < 4.78 is 10.5. The second-order valence-electron chi connectivity index (χ2n) is 6.64. The molecule has 1 aromatic heterocycles. The summed E-state index contributed by atoms with van der Waals surface area (Å²) in [6.45, 7) is 6.52. The summed E-state index contributed by atoms with van der Waals surface area (Å²) in [5.74, 6) is 2.07. The molecule has 0 spiro atoms. The molecule has 2 atom stereocenters. The maximum Gasteiger partial charge on any atom is 0.415 e. The number of cyclic esters (lactones) is 1. The molecule has 1 saturated heterocycles. The normalized spacial score (nSPS) is 18.0. The summed E-state index contributed by atoms with van der Waals surface area (Å²) in [6.07, 6.45) is 1.28. The molecule has 7 nitrogen and oxygen atoms in total. The maximum absolute atomic E-state index is 12.1. The van der Waals surface area contributed by atoms with Crippen LogP contribution in [0.1, 0.15) is 32.4 Å². The van der Waals surface area contributed by atoms with E-state index >= 15 is 0 Å². The Labute approximate surface area is 153 Å². The Morgan fingerprint density at radius 1 is 1.31 bits per heavy atom. The van der Waals surface area contributed by atoms with Gasteiger partial charge in [-0.05, 0) is 36.6 Å². The first-order chi connectivity index (χ1) is 12.5. The van der Waals surface area contributed by atoms with Gasteiger partial charge in [0.15, 0.2) is 0 Å². The van der Waals surface area contributed by atoms with Crippen molar-refractivity contribution in [3.8, 4) is 5.75 Å². The van der Waals surface area contributed by atoms with Crippen LogP contribution in [0.2, 0.25) is 0 Å². The number of carbonyl (C=O) groups is 1. The predicted octanol–water partition coefficient (Wildman–Crippen LogP) is 3.64. The molecule has 0 radical (unpaired) electrons. The predicted molar refractivity (Wildman–Crippen MR) is 99.5 cm³/mol. The van der Waals surface area contributed by atoms with E-state index in [2.05, 4.69) is 29.1 Å². The molecule has 2 heterocycles. The number of aromatic nitrogens is 2. The van der Waals surface area contributed by atoms with Gasteiger partial charge >= 0.3 is 6.09 Å². The van der Waals surface area contributed by atoms with Crippen LogP contribution in [0.4, 0.5) is 16.6 Å². The first-order valence-corrected chi connectivity index (χ1v) is 8.69. The van der Waals surface area contributed by atoms with Gasteiger partial charge in [-0.25, -0.2) is 9.78 Å². The van der Waals surface area contributed by atoms with E-state index in [1.807, 2.05) is 31.2 Å². The zero-order chi connectivity index (χ0) is 18.7. The van der Waals surface area contributed by atoms with Gasteiger partial charge in [0.1, 0.15) is 18.2 Å². The Hall–Kier alpha value is -2.83. The first-order valence-electron chi connectivity index (χ1n) is 8.69. The fraction of sp³-hybridized carbons (Fsp3) is 0.421. The van der Waals surface area contributed by atoms with Crippen LogP contribution in [-0.2, 0) is 4.74 Å². The number of ether oxygens (including phenoxy) is 2. The number of rotatable bonds is 6. The third-order valence-electron chi connectivity index (χ3n) is 4.50. The monoisotopic (exact) mass is 356 g/mol. The van der Waals surface area contributed by atoms with E-state index in [1.54, 1.807) is 24.3 Å². The summed E-state index contributed by atoms with van der Waals surface area (Å²) in [7, 11) is 1.64. The number of anilines is 2. The van der Waals surface area contributed by atoms with Gasteiger partial charge in [-0.2, -0.15) is 4.98 Å². The van der Waals surface area contributed by atoms with Gasteiger partial charge in [-0.15, -0.1) is 0 Å². The molecule has 1 aliphatic heterocycles. The number of nitrogens with one attached hydrogen (secondary N) is 1. The number of benzene rings is 1. The summed E-state index contributed by atoms with van der Waals surface area (Å²) in [6, 6.07) is 9.50. The molecule has 0 bridgehead atoms. The lowest BCUT2D eigenvalue weighted by atomic mass is 10.0. The highest BCUT2D eigenvalue weighted by atomic mass is 16.6. The van der Waals surface area contributed by atoms with Crippen LogP contribution in [0, 0.1) is 5.92 Å². The largest absolute Gasteiger partial charge is 0.497 e. The van der Waals surface area contributed by atoms with Gasteiger partial charge in [-0.3, -0.25) is 4.90 Å². The summed E-state index contributed by atoms with van der Waals surface area (Å²) in [5.41, 5.74) is 1.05. The number of methoxy groups -OCH3 is 1. The maximum atomic E-state index is 12.1. The van der Waals surface area contributed by atoms with Crippen molar-refractivity contribution in [2.24, 2.45) is 5.92 Å². The molecule has 26 heavy (non-hydrogen) atoms. The molecular formula is C19H24N4O3. The van der Waals surface area contributed by atoms with E-state index in [0.717, 1.165) is 11.3 Å². The molecule has 2 aromatic rings. The Morgan fingerprint density at radius 2 is 2.12 bits per heavy atom. The first kappa shape index (κ1) is 18.0. The van der Waals surface area contributed by atoms with Crippen molar-refractivity contribution in [3.63, 3.8) is 0 Å². The van der Waals surface area contributed by atoms with Gasteiger partial charge in [0, 0.05) is 6.20 Å². The SMILES string of the molecule is COc1cccc([C@@H](C)Nc2nccc(N3C(=O)OC[C@@H]3C(C)C)n2)c1. The average molecular weight is 356 g/mol. The van der Waals surface area contributed by atoms with E-state index in [4.69, 9.17) is 9.47 Å². The van der Waals surface area contributed by atoms with E-state index < -0.39 is 0 Å². The lowest BCUT2D eigenvalue weighted by Gasteiger charge is -2.23. The highest BCUT2D eigenvalue weighted by Crippen LogP contribution is 2.27. The van der Waals surface area contributed by atoms with Crippen LogP contribution in [0.25, 0.3) is 0 Å². The number of carbonyl (C=O) groups excluding carboxylic acids is 1. The number of nitrogens with zero attached hydrogens (tertiary/aromatic N) is 3.